The first-order chi connectivity index (χ1) is 11.6. The van der Waals surface area contributed by atoms with Crippen LogP contribution in [0.25, 0.3) is 0 Å². The quantitative estimate of drug-likeness (QED) is 0.785. The van der Waals surface area contributed by atoms with Crippen LogP contribution in [0.5, 0.6) is 0 Å². The third kappa shape index (κ3) is 4.29. The first-order valence-electron chi connectivity index (χ1n) is 8.58. The Morgan fingerprint density at radius 1 is 1.54 bits per heavy atom. The van der Waals surface area contributed by atoms with Gasteiger partial charge in [-0.15, -0.1) is 0 Å². The Hall–Kier alpha value is -1.11. The van der Waals surface area contributed by atoms with Crippen LogP contribution in [0.15, 0.2) is 24.5 Å². The predicted octanol–water partition coefficient (Wildman–Crippen LogP) is 1.88. The van der Waals surface area contributed by atoms with Gasteiger partial charge in [0.15, 0.2) is 0 Å². The number of rotatable bonds is 6. The molecule has 0 bridgehead atoms. The third-order valence-electron chi connectivity index (χ3n) is 4.96. The maximum Gasteiger partial charge on any atom is 0.232 e. The predicted molar refractivity (Wildman–Crippen MR) is 96.9 cm³/mol. The molecule has 1 amide bonds. The van der Waals surface area contributed by atoms with E-state index in [1.54, 1.807) is 11.8 Å². The molecule has 1 aromatic rings. The lowest BCUT2D eigenvalue weighted by molar-refractivity contribution is -0.188. The van der Waals surface area contributed by atoms with Gasteiger partial charge in [0.25, 0.3) is 0 Å². The number of carbonyl (C=O) groups excluding carboxylic acids is 1. The Labute approximate surface area is 148 Å². The highest BCUT2D eigenvalue weighted by atomic mass is 32.2. The van der Waals surface area contributed by atoms with Gasteiger partial charge in [0.05, 0.1) is 25.4 Å². The zero-order valence-corrected chi connectivity index (χ0v) is 15.4. The first kappa shape index (κ1) is 17.7. The number of ether oxygens (including phenoxy) is 1. The van der Waals surface area contributed by atoms with Gasteiger partial charge in [-0.3, -0.25) is 9.78 Å². The molecule has 2 aliphatic heterocycles. The number of hydrogen-bond donors (Lipinski definition) is 0. The van der Waals surface area contributed by atoms with Crippen molar-refractivity contribution in [1.82, 2.24) is 14.8 Å². The molecular formula is C18H27N3O2S. The van der Waals surface area contributed by atoms with Crippen LogP contribution in [-0.4, -0.2) is 71.6 Å². The number of amides is 1. The lowest BCUT2D eigenvalue weighted by Gasteiger charge is -2.53. The van der Waals surface area contributed by atoms with Crippen molar-refractivity contribution in [3.8, 4) is 0 Å². The number of hydrogen-bond acceptors (Lipinski definition) is 5. The average Bonchev–Trinajstić information content (AvgIpc) is 2.54. The van der Waals surface area contributed by atoms with Gasteiger partial charge in [0.2, 0.25) is 5.91 Å². The minimum Gasteiger partial charge on any atom is -0.371 e. The second-order valence-corrected chi connectivity index (χ2v) is 8.01. The standard InChI is InChI=1S/C18H27N3O2S/c1-20(9-15-4-3-7-19-8-15)10-16-5-6-18(23-11-16)13-21(14-18)17(22)12-24-2/h3-4,7-8,16H,5-6,9-14H2,1-2H3/t16-/m0/s1. The zero-order valence-electron chi connectivity index (χ0n) is 14.6. The molecule has 0 saturated carbocycles. The van der Waals surface area contributed by atoms with E-state index in [2.05, 4.69) is 23.0 Å². The molecule has 2 saturated heterocycles. The molecule has 0 aromatic carbocycles. The molecule has 3 heterocycles. The van der Waals surface area contributed by atoms with E-state index in [1.807, 2.05) is 29.6 Å². The van der Waals surface area contributed by atoms with Crippen LogP contribution in [0, 0.1) is 5.92 Å². The van der Waals surface area contributed by atoms with Crippen molar-refractivity contribution in [3.05, 3.63) is 30.1 Å². The number of pyridine rings is 1. The second kappa shape index (κ2) is 7.85. The van der Waals surface area contributed by atoms with Gasteiger partial charge in [-0.1, -0.05) is 6.07 Å². The highest BCUT2D eigenvalue weighted by Gasteiger charge is 2.48. The van der Waals surface area contributed by atoms with Gasteiger partial charge in [0.1, 0.15) is 5.60 Å². The molecule has 0 unspecified atom stereocenters. The lowest BCUT2D eigenvalue weighted by Crippen LogP contribution is -2.66. The van der Waals surface area contributed by atoms with Crippen LogP contribution in [0.3, 0.4) is 0 Å². The van der Waals surface area contributed by atoms with E-state index in [1.165, 1.54) is 12.0 Å². The maximum atomic E-state index is 11.9. The highest BCUT2D eigenvalue weighted by molar-refractivity contribution is 7.99. The summed E-state index contributed by atoms with van der Waals surface area (Å²) >= 11 is 1.59. The van der Waals surface area contributed by atoms with Gasteiger partial charge < -0.3 is 14.5 Å². The van der Waals surface area contributed by atoms with E-state index in [0.717, 1.165) is 39.2 Å². The molecule has 0 radical (unpaired) electrons. The summed E-state index contributed by atoms with van der Waals surface area (Å²) in [6.45, 7) is 4.34. The average molecular weight is 350 g/mol. The number of carbonyl (C=O) groups is 1. The van der Waals surface area contributed by atoms with Crippen LogP contribution >= 0.6 is 11.8 Å². The summed E-state index contributed by atoms with van der Waals surface area (Å²) in [5, 5.41) is 0. The van der Waals surface area contributed by atoms with Crippen molar-refractivity contribution in [1.29, 1.82) is 0 Å². The normalized spacial score (nSPS) is 22.6. The highest BCUT2D eigenvalue weighted by Crippen LogP contribution is 2.36. The van der Waals surface area contributed by atoms with Crippen molar-refractivity contribution in [2.24, 2.45) is 5.92 Å². The van der Waals surface area contributed by atoms with Gasteiger partial charge in [-0.2, -0.15) is 11.8 Å². The fraction of sp³-hybridized carbons (Fsp3) is 0.667. The second-order valence-electron chi connectivity index (χ2n) is 7.14. The Bertz CT molecular complexity index is 538. The van der Waals surface area contributed by atoms with Crippen LogP contribution < -0.4 is 0 Å². The first-order valence-corrected chi connectivity index (χ1v) is 9.98. The molecule has 0 aliphatic carbocycles. The van der Waals surface area contributed by atoms with Gasteiger partial charge in [0, 0.05) is 25.5 Å². The van der Waals surface area contributed by atoms with Crippen molar-refractivity contribution < 1.29 is 9.53 Å². The Morgan fingerprint density at radius 2 is 2.38 bits per heavy atom. The van der Waals surface area contributed by atoms with E-state index in [-0.39, 0.29) is 11.5 Å². The molecule has 5 nitrogen and oxygen atoms in total. The topological polar surface area (TPSA) is 45.7 Å². The van der Waals surface area contributed by atoms with Gasteiger partial charge in [-0.25, -0.2) is 0 Å². The number of thioether (sulfide) groups is 1. The monoisotopic (exact) mass is 349 g/mol. The number of nitrogens with zero attached hydrogens (tertiary/aromatic N) is 3. The summed E-state index contributed by atoms with van der Waals surface area (Å²) in [6.07, 6.45) is 7.96. The van der Waals surface area contributed by atoms with Crippen molar-refractivity contribution in [2.45, 2.75) is 25.0 Å². The Morgan fingerprint density at radius 3 is 3.00 bits per heavy atom. The maximum absolute atomic E-state index is 11.9. The van der Waals surface area contributed by atoms with E-state index in [4.69, 9.17) is 4.74 Å². The SMILES string of the molecule is CSCC(=O)N1CC2(CC[C@@H](CN(C)Cc3cccnc3)CO2)C1. The molecule has 1 spiro atoms. The molecule has 3 rings (SSSR count). The number of likely N-dealkylation sites (tertiary alicyclic amines) is 1. The summed E-state index contributed by atoms with van der Waals surface area (Å²) in [5.41, 5.74) is 1.20. The smallest absolute Gasteiger partial charge is 0.232 e. The van der Waals surface area contributed by atoms with Crippen LogP contribution in [0.2, 0.25) is 0 Å². The summed E-state index contributed by atoms with van der Waals surface area (Å²) in [6, 6.07) is 4.10. The van der Waals surface area contributed by atoms with E-state index in [9.17, 15) is 4.79 Å². The van der Waals surface area contributed by atoms with Crippen molar-refractivity contribution in [2.75, 3.05) is 45.3 Å². The Kier molecular flexibility index (Phi) is 5.79. The summed E-state index contributed by atoms with van der Waals surface area (Å²) in [7, 11) is 2.16. The van der Waals surface area contributed by atoms with Gasteiger partial charge in [-0.05, 0) is 43.7 Å². The summed E-state index contributed by atoms with van der Waals surface area (Å²) in [5.74, 6) is 1.40. The molecule has 6 heteroatoms. The fourth-order valence-corrected chi connectivity index (χ4v) is 4.09. The molecule has 132 valence electrons. The van der Waals surface area contributed by atoms with E-state index < -0.39 is 0 Å². The minimum atomic E-state index is -0.0491. The molecule has 0 N–H and O–H groups in total. The van der Waals surface area contributed by atoms with Crippen molar-refractivity contribution >= 4 is 17.7 Å². The fourth-order valence-electron chi connectivity index (χ4n) is 3.66. The number of aromatic nitrogens is 1. The lowest BCUT2D eigenvalue weighted by atomic mass is 9.83. The molecule has 1 atom stereocenters. The van der Waals surface area contributed by atoms with E-state index in [0.29, 0.717) is 11.7 Å². The van der Waals surface area contributed by atoms with Crippen LogP contribution in [0.4, 0.5) is 0 Å². The molecular weight excluding hydrogens is 322 g/mol. The largest absolute Gasteiger partial charge is 0.371 e. The van der Waals surface area contributed by atoms with Crippen LogP contribution in [0.1, 0.15) is 18.4 Å². The summed E-state index contributed by atoms with van der Waals surface area (Å²) < 4.78 is 6.18. The Balaban J connectivity index is 1.39. The van der Waals surface area contributed by atoms with Crippen molar-refractivity contribution in [3.63, 3.8) is 0 Å². The van der Waals surface area contributed by atoms with Gasteiger partial charge >= 0.3 is 0 Å². The zero-order chi connectivity index (χ0) is 17.0. The molecule has 24 heavy (non-hydrogen) atoms. The summed E-state index contributed by atoms with van der Waals surface area (Å²) in [4.78, 5) is 20.3. The molecule has 1 aromatic heterocycles. The molecule has 2 fully saturated rings. The minimum absolute atomic E-state index is 0.0491. The van der Waals surface area contributed by atoms with Crippen LogP contribution in [-0.2, 0) is 16.1 Å². The third-order valence-corrected chi connectivity index (χ3v) is 5.49. The van der Waals surface area contributed by atoms with E-state index >= 15 is 0 Å². The molecule has 2 aliphatic rings.